The Balaban J connectivity index is 1.99. The molecule has 2 aromatic rings. The number of hydrogen-bond donors (Lipinski definition) is 2. The van der Waals surface area contributed by atoms with E-state index < -0.39 is 11.8 Å². The fourth-order valence-corrected chi connectivity index (χ4v) is 2.82. The Hall–Kier alpha value is -2.87. The van der Waals surface area contributed by atoms with Crippen molar-refractivity contribution in [1.82, 2.24) is 20.7 Å². The van der Waals surface area contributed by atoms with Crippen molar-refractivity contribution < 1.29 is 14.4 Å². The molecular formula is C17H18N4O3S. The molecule has 1 aromatic heterocycles. The Morgan fingerprint density at radius 2 is 1.68 bits per heavy atom. The van der Waals surface area contributed by atoms with Gasteiger partial charge in [0.2, 0.25) is 5.91 Å². The van der Waals surface area contributed by atoms with Crippen LogP contribution in [0.2, 0.25) is 0 Å². The molecule has 0 aliphatic rings. The quantitative estimate of drug-likeness (QED) is 0.622. The van der Waals surface area contributed by atoms with Crippen LogP contribution >= 0.6 is 11.8 Å². The summed E-state index contributed by atoms with van der Waals surface area (Å²) in [4.78, 5) is 42.0. The lowest BCUT2D eigenvalue weighted by Crippen LogP contribution is -2.42. The summed E-state index contributed by atoms with van der Waals surface area (Å²) in [5.74, 6) is -0.812. The molecule has 0 radical (unpaired) electrons. The van der Waals surface area contributed by atoms with E-state index in [-0.39, 0.29) is 17.4 Å². The van der Waals surface area contributed by atoms with Gasteiger partial charge in [-0.15, -0.1) is 11.8 Å². The van der Waals surface area contributed by atoms with Crippen LogP contribution in [0, 0.1) is 0 Å². The maximum absolute atomic E-state index is 12.3. The molecule has 0 atom stereocenters. The zero-order valence-corrected chi connectivity index (χ0v) is 14.7. The molecule has 25 heavy (non-hydrogen) atoms. The van der Waals surface area contributed by atoms with Gasteiger partial charge in [0.25, 0.3) is 11.8 Å². The molecule has 0 aliphatic carbocycles. The van der Waals surface area contributed by atoms with Crippen LogP contribution in [0.25, 0.3) is 0 Å². The molecule has 0 saturated heterocycles. The Kier molecular flexibility index (Phi) is 6.53. The van der Waals surface area contributed by atoms with E-state index in [1.54, 1.807) is 50.5 Å². The zero-order chi connectivity index (χ0) is 18.2. The molecule has 3 amide bonds. The first-order valence-electron chi connectivity index (χ1n) is 7.42. The van der Waals surface area contributed by atoms with Crippen LogP contribution in [0.3, 0.4) is 0 Å². The fraction of sp³-hybridized carbons (Fsp3) is 0.176. The third kappa shape index (κ3) is 5.32. The fourth-order valence-electron chi connectivity index (χ4n) is 1.79. The Bertz CT molecular complexity index is 765. The summed E-state index contributed by atoms with van der Waals surface area (Å²) in [6.45, 7) is 0. The van der Waals surface area contributed by atoms with Gasteiger partial charge in [-0.1, -0.05) is 18.2 Å². The Morgan fingerprint density at radius 3 is 2.36 bits per heavy atom. The van der Waals surface area contributed by atoms with Crippen LogP contribution in [0.1, 0.15) is 20.8 Å². The minimum absolute atomic E-state index is 0.0522. The standard InChI is InChI=1S/C17H18N4O3S/c1-21(2)15(22)11-25-14-9-4-3-7-12(14)16(23)19-20-17(24)13-8-5-6-10-18-13/h3-10H,11H2,1-2H3,(H,19,23)(H,20,24). The molecule has 2 N–H and O–H groups in total. The van der Waals surface area contributed by atoms with Crippen LogP contribution in [0.4, 0.5) is 0 Å². The monoisotopic (exact) mass is 358 g/mol. The van der Waals surface area contributed by atoms with Crippen LogP contribution < -0.4 is 10.9 Å². The third-order valence-corrected chi connectivity index (χ3v) is 4.23. The van der Waals surface area contributed by atoms with Gasteiger partial charge in [0.05, 0.1) is 11.3 Å². The van der Waals surface area contributed by atoms with E-state index in [1.165, 1.54) is 28.9 Å². The van der Waals surface area contributed by atoms with Gasteiger partial charge in [0.1, 0.15) is 5.69 Å². The lowest BCUT2D eigenvalue weighted by molar-refractivity contribution is -0.125. The SMILES string of the molecule is CN(C)C(=O)CSc1ccccc1C(=O)NNC(=O)c1ccccn1. The average molecular weight is 358 g/mol. The number of nitrogens with zero attached hydrogens (tertiary/aromatic N) is 2. The molecule has 0 aliphatic heterocycles. The highest BCUT2D eigenvalue weighted by Gasteiger charge is 2.14. The van der Waals surface area contributed by atoms with E-state index >= 15 is 0 Å². The zero-order valence-electron chi connectivity index (χ0n) is 13.9. The molecule has 0 unspecified atom stereocenters. The van der Waals surface area contributed by atoms with Crippen molar-refractivity contribution in [1.29, 1.82) is 0 Å². The molecule has 130 valence electrons. The van der Waals surface area contributed by atoms with Crippen molar-refractivity contribution in [3.05, 3.63) is 59.9 Å². The maximum atomic E-state index is 12.3. The number of carbonyl (C=O) groups excluding carboxylic acids is 3. The van der Waals surface area contributed by atoms with Gasteiger partial charge in [0, 0.05) is 25.2 Å². The highest BCUT2D eigenvalue weighted by molar-refractivity contribution is 8.00. The van der Waals surface area contributed by atoms with Gasteiger partial charge in [0.15, 0.2) is 0 Å². The number of thioether (sulfide) groups is 1. The van der Waals surface area contributed by atoms with Gasteiger partial charge in [-0.3, -0.25) is 30.2 Å². The topological polar surface area (TPSA) is 91.4 Å². The van der Waals surface area contributed by atoms with Gasteiger partial charge < -0.3 is 4.90 Å². The first-order chi connectivity index (χ1) is 12.0. The molecule has 1 heterocycles. The Labute approximate surface area is 149 Å². The number of hydrazine groups is 1. The van der Waals surface area contributed by atoms with Gasteiger partial charge in [-0.25, -0.2) is 0 Å². The first-order valence-corrected chi connectivity index (χ1v) is 8.41. The first kappa shape index (κ1) is 18.5. The van der Waals surface area contributed by atoms with Crippen LogP contribution in [-0.2, 0) is 4.79 Å². The number of amides is 3. The van der Waals surface area contributed by atoms with Crippen molar-refractivity contribution in [3.63, 3.8) is 0 Å². The summed E-state index contributed by atoms with van der Waals surface area (Å²) in [7, 11) is 3.35. The molecule has 1 aromatic carbocycles. The largest absolute Gasteiger partial charge is 0.348 e. The van der Waals surface area contributed by atoms with Crippen LogP contribution in [0.5, 0.6) is 0 Å². The predicted octanol–water partition coefficient (Wildman–Crippen LogP) is 1.34. The van der Waals surface area contributed by atoms with Gasteiger partial charge >= 0.3 is 0 Å². The van der Waals surface area contributed by atoms with E-state index in [4.69, 9.17) is 0 Å². The highest BCUT2D eigenvalue weighted by atomic mass is 32.2. The van der Waals surface area contributed by atoms with Crippen molar-refractivity contribution in [2.45, 2.75) is 4.90 Å². The minimum atomic E-state index is -0.512. The third-order valence-electron chi connectivity index (χ3n) is 3.17. The summed E-state index contributed by atoms with van der Waals surface area (Å²) in [5, 5.41) is 0. The van der Waals surface area contributed by atoms with Gasteiger partial charge in [-0.05, 0) is 24.3 Å². The predicted molar refractivity (Wildman–Crippen MR) is 95.0 cm³/mol. The number of benzene rings is 1. The maximum Gasteiger partial charge on any atom is 0.288 e. The average Bonchev–Trinajstić information content (AvgIpc) is 2.64. The van der Waals surface area contributed by atoms with Crippen molar-refractivity contribution in [2.24, 2.45) is 0 Å². The lowest BCUT2D eigenvalue weighted by Gasteiger charge is -2.12. The van der Waals surface area contributed by atoms with Crippen molar-refractivity contribution in [3.8, 4) is 0 Å². The summed E-state index contributed by atoms with van der Waals surface area (Å²) in [5.41, 5.74) is 5.25. The summed E-state index contributed by atoms with van der Waals surface area (Å²) in [6.07, 6.45) is 1.49. The van der Waals surface area contributed by atoms with Gasteiger partial charge in [-0.2, -0.15) is 0 Å². The summed E-state index contributed by atoms with van der Waals surface area (Å²) >= 11 is 1.27. The van der Waals surface area contributed by atoms with E-state index in [2.05, 4.69) is 15.8 Å². The molecule has 0 fully saturated rings. The molecule has 0 spiro atoms. The second-order valence-corrected chi connectivity index (χ2v) is 6.21. The molecule has 0 saturated carbocycles. The molecule has 2 rings (SSSR count). The van der Waals surface area contributed by atoms with E-state index in [0.29, 0.717) is 10.5 Å². The second kappa shape index (κ2) is 8.84. The summed E-state index contributed by atoms with van der Waals surface area (Å²) < 4.78 is 0. The summed E-state index contributed by atoms with van der Waals surface area (Å²) in [6, 6.07) is 11.8. The smallest absolute Gasteiger partial charge is 0.288 e. The molecule has 7 nitrogen and oxygen atoms in total. The highest BCUT2D eigenvalue weighted by Crippen LogP contribution is 2.22. The van der Waals surface area contributed by atoms with E-state index in [1.807, 2.05) is 0 Å². The van der Waals surface area contributed by atoms with Crippen molar-refractivity contribution >= 4 is 29.5 Å². The number of pyridine rings is 1. The van der Waals surface area contributed by atoms with Crippen LogP contribution in [0.15, 0.2) is 53.6 Å². The molecular weight excluding hydrogens is 340 g/mol. The molecule has 0 bridgehead atoms. The molecule has 8 heteroatoms. The normalized spacial score (nSPS) is 10.0. The lowest BCUT2D eigenvalue weighted by atomic mass is 10.2. The number of hydrogen-bond acceptors (Lipinski definition) is 5. The van der Waals surface area contributed by atoms with Crippen LogP contribution in [-0.4, -0.2) is 47.5 Å². The number of carbonyl (C=O) groups is 3. The Morgan fingerprint density at radius 1 is 1.00 bits per heavy atom. The second-order valence-electron chi connectivity index (χ2n) is 5.20. The number of rotatable bonds is 5. The van der Waals surface area contributed by atoms with Crippen molar-refractivity contribution in [2.75, 3.05) is 19.8 Å². The number of nitrogens with one attached hydrogen (secondary N) is 2. The van der Waals surface area contributed by atoms with E-state index in [9.17, 15) is 14.4 Å². The van der Waals surface area contributed by atoms with E-state index in [0.717, 1.165) is 0 Å². The minimum Gasteiger partial charge on any atom is -0.348 e. The number of aromatic nitrogens is 1.